The minimum atomic E-state index is -1.55. The van der Waals surface area contributed by atoms with Crippen LogP contribution in [0.15, 0.2) is 39.9 Å². The van der Waals surface area contributed by atoms with Gasteiger partial charge in [0.25, 0.3) is 0 Å². The number of ether oxygens (including phenoxy) is 2. The van der Waals surface area contributed by atoms with Gasteiger partial charge in [0.15, 0.2) is 76.6 Å². The molecule has 0 aliphatic carbocycles. The number of nitrogens with zero attached hydrogens (tertiary/aromatic N) is 9. The van der Waals surface area contributed by atoms with Crippen LogP contribution in [0.3, 0.4) is 0 Å². The third kappa shape index (κ3) is 52.7. The molecule has 0 bridgehead atoms. The van der Waals surface area contributed by atoms with E-state index in [2.05, 4.69) is 95.1 Å². The number of aliphatic imine (C=N–C) groups is 8. The SMILES string of the molecule is COCCOCCC(=O)N[C@H](CS)C(=O)C[C@H](CCCN=C(N)N)C(=O)N[C@H](CCCN=C(N)N)C(=O)N[C@H](CCCN=C(N)N)C(=O)N[C@H](CCCN=C(N)N)C(=O)C[C@H](CCCN=C(N)N)C(=O)N[C@H](CCCN=C(N)N)C(=O)C[C@H](CCCN=C(N)N)C(=O)N[C@H](CCCN=C(N)N)C(=O)N1CCC[C@H]1C(=O)N[C@@H](CC(C)C)C(=O)CCC(=O)N[C@@H](CSC)C(C)=O. The summed E-state index contributed by atoms with van der Waals surface area (Å²) in [5.41, 5.74) is 90.8. The average Bonchev–Trinajstić information content (AvgIpc) is 1.66. The number of thiol groups is 1. The normalized spacial score (nSPS) is 14.7. The van der Waals surface area contributed by atoms with Crippen LogP contribution in [-0.4, -0.2) is 293 Å². The molecule has 130 heavy (non-hydrogen) atoms. The summed E-state index contributed by atoms with van der Waals surface area (Å²) in [5, 5.41) is 21.9. The molecular weight excluding hydrogens is 1730 g/mol. The third-order valence-electron chi connectivity index (χ3n) is 20.3. The largest absolute Gasteiger partial charge is 0.382 e. The molecule has 9 amide bonds. The predicted octanol–water partition coefficient (Wildman–Crippen LogP) is -7.66. The molecule has 49 nitrogen and oxygen atoms in total. The van der Waals surface area contributed by atoms with E-state index in [1.807, 2.05) is 13.8 Å². The van der Waals surface area contributed by atoms with Gasteiger partial charge in [-0.15, -0.1) is 0 Å². The Morgan fingerprint density at radius 1 is 0.385 bits per heavy atom. The molecule has 1 saturated heterocycles. The summed E-state index contributed by atoms with van der Waals surface area (Å²) in [6.45, 7) is 5.25. The van der Waals surface area contributed by atoms with Crippen molar-refractivity contribution in [3.8, 4) is 0 Å². The smallest absolute Gasteiger partial charge is 0.245 e. The summed E-state index contributed by atoms with van der Waals surface area (Å²) in [6, 6.07) is -11.5. The number of guanidine groups is 8. The van der Waals surface area contributed by atoms with Crippen molar-refractivity contribution < 1.29 is 76.6 Å². The monoisotopic (exact) mass is 1880 g/mol. The van der Waals surface area contributed by atoms with E-state index in [0.717, 1.165) is 0 Å². The number of methoxy groups -OCH3 is 1. The van der Waals surface area contributed by atoms with Crippen molar-refractivity contribution in [2.45, 2.75) is 236 Å². The van der Waals surface area contributed by atoms with Gasteiger partial charge in [-0.1, -0.05) is 13.8 Å². The Hall–Kier alpha value is -11.6. The molecule has 0 radical (unpaired) electrons. The Morgan fingerprint density at radius 2 is 0.715 bits per heavy atom. The third-order valence-corrected chi connectivity index (χ3v) is 21.3. The van der Waals surface area contributed by atoms with E-state index in [9.17, 15) is 38.4 Å². The van der Waals surface area contributed by atoms with E-state index in [1.165, 1.54) is 30.7 Å². The van der Waals surface area contributed by atoms with E-state index < -0.39 is 168 Å². The summed E-state index contributed by atoms with van der Waals surface area (Å²) in [7, 11) is 1.49. The van der Waals surface area contributed by atoms with E-state index in [0.29, 0.717) is 12.2 Å². The van der Waals surface area contributed by atoms with E-state index in [4.69, 9.17) is 101 Å². The number of carbonyl (C=O) groups excluding carboxylic acids is 14. The number of hydrogen-bond donors (Lipinski definition) is 25. The van der Waals surface area contributed by atoms with Crippen molar-refractivity contribution in [2.24, 2.45) is 155 Å². The van der Waals surface area contributed by atoms with Gasteiger partial charge in [-0.2, -0.15) is 24.4 Å². The summed E-state index contributed by atoms with van der Waals surface area (Å²) in [6.07, 6.45) is -0.546. The molecule has 1 rings (SSSR count). The number of rotatable bonds is 72. The fourth-order valence-corrected chi connectivity index (χ4v) is 14.6. The molecular formula is C79H147N33O16S2. The predicted molar refractivity (Wildman–Crippen MR) is 503 cm³/mol. The van der Waals surface area contributed by atoms with Crippen molar-refractivity contribution >= 4 is 154 Å². The first kappa shape index (κ1) is 116. The number of hydrogen-bond acceptors (Lipinski definition) is 26. The Labute approximate surface area is 769 Å². The second-order valence-electron chi connectivity index (χ2n) is 31.7. The van der Waals surface area contributed by atoms with Crippen LogP contribution in [0.2, 0.25) is 0 Å². The summed E-state index contributed by atoms with van der Waals surface area (Å²) < 4.78 is 10.4. The van der Waals surface area contributed by atoms with Crippen LogP contribution in [0.4, 0.5) is 0 Å². The molecule has 0 unspecified atom stereocenters. The Morgan fingerprint density at radius 3 is 1.08 bits per heavy atom. The van der Waals surface area contributed by atoms with E-state index >= 15 is 28.8 Å². The lowest BCUT2D eigenvalue weighted by molar-refractivity contribution is -0.143. The molecule has 0 aromatic carbocycles. The highest BCUT2D eigenvalue weighted by Gasteiger charge is 2.41. The number of nitrogens with one attached hydrogen (secondary N) is 8. The van der Waals surface area contributed by atoms with Gasteiger partial charge in [-0.3, -0.25) is 107 Å². The van der Waals surface area contributed by atoms with Crippen molar-refractivity contribution in [2.75, 3.05) is 104 Å². The van der Waals surface area contributed by atoms with Gasteiger partial charge in [-0.05, 0) is 141 Å². The first-order valence-electron chi connectivity index (χ1n) is 43.5. The van der Waals surface area contributed by atoms with Crippen molar-refractivity contribution in [1.82, 2.24) is 47.4 Å². The molecule has 0 spiro atoms. The molecule has 1 fully saturated rings. The topological polar surface area (TPSA) is 872 Å². The van der Waals surface area contributed by atoms with Gasteiger partial charge in [0.2, 0.25) is 53.2 Å². The van der Waals surface area contributed by atoms with Crippen LogP contribution in [0.5, 0.6) is 0 Å². The zero-order valence-electron chi connectivity index (χ0n) is 75.7. The lowest BCUT2D eigenvalue weighted by Crippen LogP contribution is -2.56. The van der Waals surface area contributed by atoms with Crippen molar-refractivity contribution in [3.05, 3.63) is 0 Å². The summed E-state index contributed by atoms with van der Waals surface area (Å²) >= 11 is 5.67. The number of carbonyl (C=O) groups is 14. The highest BCUT2D eigenvalue weighted by atomic mass is 32.2. The number of amides is 9. The molecule has 0 saturated carbocycles. The lowest BCUT2D eigenvalue weighted by Gasteiger charge is -2.31. The van der Waals surface area contributed by atoms with Gasteiger partial charge in [0.05, 0.1) is 50.0 Å². The van der Waals surface area contributed by atoms with Gasteiger partial charge >= 0.3 is 0 Å². The number of Topliss-reactive ketones (excluding diaryl/α,β-unsaturated/α-hetero) is 5. The van der Waals surface area contributed by atoms with E-state index in [1.54, 1.807) is 6.26 Å². The Bertz CT molecular complexity index is 3840. The quantitative estimate of drug-likeness (QED) is 0.0116. The van der Waals surface area contributed by atoms with Gasteiger partial charge in [0.1, 0.15) is 24.2 Å². The van der Waals surface area contributed by atoms with Gasteiger partial charge < -0.3 is 149 Å². The van der Waals surface area contributed by atoms with Crippen LogP contribution in [0.1, 0.15) is 181 Å². The molecule has 40 N–H and O–H groups in total. The number of thioether (sulfide) groups is 1. The first-order chi connectivity index (χ1) is 61.5. The molecule has 0 aromatic heterocycles. The summed E-state index contributed by atoms with van der Waals surface area (Å²) in [5.74, 6) is -15.7. The van der Waals surface area contributed by atoms with Crippen LogP contribution >= 0.6 is 24.4 Å². The fourth-order valence-electron chi connectivity index (χ4n) is 13.6. The van der Waals surface area contributed by atoms with Crippen LogP contribution < -0.4 is 134 Å². The maximum absolute atomic E-state index is 15.3. The molecule has 1 heterocycles. The second-order valence-corrected chi connectivity index (χ2v) is 33.0. The highest BCUT2D eigenvalue weighted by molar-refractivity contribution is 7.98. The van der Waals surface area contributed by atoms with Crippen LogP contribution in [0.25, 0.3) is 0 Å². The standard InChI is InChI=1S/C79H147N33O16S2/c1-45(2)39-55(59(114)24-25-63(118)105-57(44-130-5)46(3)113)111-70(125)58-23-14-35-112(58)71(126)54(22-13-34-103-79(94)95)110-67(122)48(16-7-28-97-73(82)83)41-60(115)50(18-9-30-99-75(86)87)106-65(120)47(15-6-27-96-72(80)81)40-61(116)51(19-10-31-100-76(88)89)107-68(123)53(21-12-33-102-78(92)93)109-69(124)52(20-11-32-101-77(90)91)108-66(121)49(17-8-29-98-74(84)85)42-62(117)56(43-129)104-64(119)26-36-128-38-37-127-4/h45,47-58,129H,6-44H2,1-5H3,(H,104,119)(H,105,118)(H,106,120)(H,107,123)(H,108,121)(H,109,124)(H,110,122)(H,111,125)(H4,80,81,96)(H4,82,83,97)(H4,84,85,98)(H4,86,87,99)(H4,88,89,100)(H4,90,91,101)(H4,92,93,102)(H4,94,95,103)/t47-,48-,49-,50+,51+,52+,53+,54+,55-,56+,57-,58-/m0/s1. The average molecular weight is 1880 g/mol. The number of likely N-dealkylation sites (tertiary alicyclic amines) is 1. The summed E-state index contributed by atoms with van der Waals surface area (Å²) in [4.78, 5) is 235. The zero-order chi connectivity index (χ0) is 97.8. The minimum absolute atomic E-state index is 0.00841. The maximum atomic E-state index is 15.3. The maximum Gasteiger partial charge on any atom is 0.245 e. The highest BCUT2D eigenvalue weighted by Crippen LogP contribution is 2.25. The van der Waals surface area contributed by atoms with E-state index in [-0.39, 0.29) is 279 Å². The minimum Gasteiger partial charge on any atom is -0.382 e. The molecule has 1 aliphatic heterocycles. The fraction of sp³-hybridized carbons (Fsp3) is 0.722. The number of ketones is 5. The molecule has 0 aromatic rings. The first-order valence-corrected chi connectivity index (χ1v) is 45.5. The Kier molecular flexibility index (Phi) is 59.7. The zero-order valence-corrected chi connectivity index (χ0v) is 77.4. The van der Waals surface area contributed by atoms with Gasteiger partial charge in [-0.25, -0.2) is 0 Å². The molecule has 51 heteroatoms. The molecule has 736 valence electrons. The Balaban J connectivity index is 4.16. The van der Waals surface area contributed by atoms with Crippen LogP contribution in [-0.2, 0) is 76.6 Å². The van der Waals surface area contributed by atoms with Crippen molar-refractivity contribution in [3.63, 3.8) is 0 Å². The number of nitrogens with two attached hydrogens (primary N) is 16. The van der Waals surface area contributed by atoms with Crippen molar-refractivity contribution in [1.29, 1.82) is 0 Å². The van der Waals surface area contributed by atoms with Gasteiger partial charge in [0, 0.05) is 134 Å². The van der Waals surface area contributed by atoms with Crippen LogP contribution in [0, 0.1) is 23.7 Å². The second kappa shape index (κ2) is 66.7. The molecule has 1 aliphatic rings. The molecule has 12 atom stereocenters. The lowest BCUT2D eigenvalue weighted by atomic mass is 9.89.